The summed E-state index contributed by atoms with van der Waals surface area (Å²) in [7, 11) is -3.28. The second-order valence-electron chi connectivity index (χ2n) is 4.50. The van der Waals surface area contributed by atoms with E-state index in [1.807, 2.05) is 6.92 Å². The molecule has 7 heteroatoms. The van der Waals surface area contributed by atoms with E-state index in [0.29, 0.717) is 6.54 Å². The number of halogens is 1. The van der Waals surface area contributed by atoms with Crippen LogP contribution in [0.3, 0.4) is 0 Å². The topological polar surface area (TPSA) is 66.5 Å². The molecule has 1 atom stereocenters. The summed E-state index contributed by atoms with van der Waals surface area (Å²) in [5.74, 6) is -0.641. The van der Waals surface area contributed by atoms with Gasteiger partial charge in [0.2, 0.25) is 5.91 Å². The van der Waals surface area contributed by atoms with Gasteiger partial charge in [0, 0.05) is 25.7 Å². The van der Waals surface area contributed by atoms with Crippen LogP contribution in [0.15, 0.2) is 0 Å². The summed E-state index contributed by atoms with van der Waals surface area (Å²) >= 11 is 0. The summed E-state index contributed by atoms with van der Waals surface area (Å²) in [6.45, 7) is 7.18. The number of amides is 1. The fourth-order valence-corrected chi connectivity index (χ4v) is 2.48. The zero-order chi connectivity index (χ0) is 12.3. The zero-order valence-electron chi connectivity index (χ0n) is 10.5. The molecule has 5 nitrogen and oxygen atoms in total. The molecule has 1 rings (SSSR count). The van der Waals surface area contributed by atoms with Gasteiger partial charge in [-0.3, -0.25) is 4.79 Å². The fraction of sp³-hybridized carbons (Fsp3) is 0.900. The molecule has 0 aromatic heterocycles. The van der Waals surface area contributed by atoms with Gasteiger partial charge in [-0.1, -0.05) is 0 Å². The van der Waals surface area contributed by atoms with E-state index < -0.39 is 15.1 Å². The highest BCUT2D eigenvalue weighted by molar-refractivity contribution is 7.92. The maximum absolute atomic E-state index is 11.8. The Labute approximate surface area is 109 Å². The van der Waals surface area contributed by atoms with Crippen LogP contribution in [-0.4, -0.2) is 55.9 Å². The molecule has 0 aromatic rings. The van der Waals surface area contributed by atoms with Gasteiger partial charge in [0.25, 0.3) is 0 Å². The van der Waals surface area contributed by atoms with Crippen molar-refractivity contribution in [1.82, 2.24) is 10.2 Å². The number of hydrogen-bond donors (Lipinski definition) is 1. The van der Waals surface area contributed by atoms with Gasteiger partial charge in [-0.05, 0) is 20.8 Å². The second-order valence-corrected chi connectivity index (χ2v) is 7.05. The maximum atomic E-state index is 11.8. The molecule has 0 aliphatic carbocycles. The SMILES string of the molecule is CC(C)S(=O)(=O)CC(=O)N1CCNC[C@H]1C.Cl. The molecule has 0 bridgehead atoms. The summed E-state index contributed by atoms with van der Waals surface area (Å²) in [6, 6.07) is 0.0728. The molecule has 17 heavy (non-hydrogen) atoms. The summed E-state index contributed by atoms with van der Waals surface area (Å²) in [5, 5.41) is 2.67. The van der Waals surface area contributed by atoms with E-state index in [9.17, 15) is 13.2 Å². The van der Waals surface area contributed by atoms with Gasteiger partial charge < -0.3 is 10.2 Å². The van der Waals surface area contributed by atoms with E-state index in [0.717, 1.165) is 13.1 Å². The third kappa shape index (κ3) is 4.44. The highest BCUT2D eigenvalue weighted by Crippen LogP contribution is 2.07. The Hall–Kier alpha value is -0.330. The minimum atomic E-state index is -3.28. The zero-order valence-corrected chi connectivity index (χ0v) is 12.1. The number of carbonyl (C=O) groups is 1. The number of rotatable bonds is 3. The van der Waals surface area contributed by atoms with Crippen molar-refractivity contribution in [3.05, 3.63) is 0 Å². The van der Waals surface area contributed by atoms with Crippen LogP contribution in [0.25, 0.3) is 0 Å². The number of nitrogens with one attached hydrogen (secondary N) is 1. The molecular weight excluding hydrogens is 264 g/mol. The van der Waals surface area contributed by atoms with Crippen molar-refractivity contribution in [1.29, 1.82) is 0 Å². The number of carbonyl (C=O) groups excluding carboxylic acids is 1. The van der Waals surface area contributed by atoms with Crippen molar-refractivity contribution in [3.63, 3.8) is 0 Å². The van der Waals surface area contributed by atoms with E-state index in [1.54, 1.807) is 18.7 Å². The number of sulfone groups is 1. The number of piperazine rings is 1. The predicted octanol–water partition coefficient (Wildman–Crippen LogP) is 0.0517. The van der Waals surface area contributed by atoms with Gasteiger partial charge in [0.1, 0.15) is 5.75 Å². The minimum Gasteiger partial charge on any atom is -0.337 e. The first-order valence-corrected chi connectivity index (χ1v) is 7.28. The van der Waals surface area contributed by atoms with Crippen molar-refractivity contribution in [3.8, 4) is 0 Å². The average Bonchev–Trinajstić information content (AvgIpc) is 2.17. The molecular formula is C10H21ClN2O3S. The van der Waals surface area contributed by atoms with E-state index in [2.05, 4.69) is 5.32 Å². The van der Waals surface area contributed by atoms with E-state index in [-0.39, 0.29) is 30.1 Å². The van der Waals surface area contributed by atoms with Crippen LogP contribution in [0.1, 0.15) is 20.8 Å². The van der Waals surface area contributed by atoms with Gasteiger partial charge in [-0.2, -0.15) is 0 Å². The standard InChI is InChI=1S/C10H20N2O3S.ClH/c1-8(2)16(14,15)7-10(13)12-5-4-11-6-9(12)3;/h8-9,11H,4-7H2,1-3H3;1H/t9-;/m1./s1. The van der Waals surface area contributed by atoms with E-state index in [1.165, 1.54) is 0 Å². The Balaban J connectivity index is 0.00000256. The highest BCUT2D eigenvalue weighted by Gasteiger charge is 2.28. The Bertz CT molecular complexity index is 357. The minimum absolute atomic E-state index is 0. The Morgan fingerprint density at radius 2 is 2.06 bits per heavy atom. The quantitative estimate of drug-likeness (QED) is 0.795. The van der Waals surface area contributed by atoms with Gasteiger partial charge in [0.05, 0.1) is 5.25 Å². The predicted molar refractivity (Wildman–Crippen MR) is 70.2 cm³/mol. The molecule has 0 radical (unpaired) electrons. The van der Waals surface area contributed by atoms with Gasteiger partial charge in [0.15, 0.2) is 9.84 Å². The average molecular weight is 285 g/mol. The molecule has 1 N–H and O–H groups in total. The fourth-order valence-electron chi connectivity index (χ4n) is 1.63. The van der Waals surface area contributed by atoms with Crippen molar-refractivity contribution >= 4 is 28.2 Å². The number of hydrogen-bond acceptors (Lipinski definition) is 4. The van der Waals surface area contributed by atoms with Crippen molar-refractivity contribution in [2.75, 3.05) is 25.4 Å². The van der Waals surface area contributed by atoms with Crippen LogP contribution in [0, 0.1) is 0 Å². The normalized spacial score (nSPS) is 21.2. The van der Waals surface area contributed by atoms with Crippen molar-refractivity contribution < 1.29 is 13.2 Å². The molecule has 1 aliphatic rings. The molecule has 0 aromatic carbocycles. The largest absolute Gasteiger partial charge is 0.337 e. The number of nitrogens with zero attached hydrogens (tertiary/aromatic N) is 1. The summed E-state index contributed by atoms with van der Waals surface area (Å²) in [6.07, 6.45) is 0. The van der Waals surface area contributed by atoms with Crippen LogP contribution in [0.5, 0.6) is 0 Å². The van der Waals surface area contributed by atoms with Crippen molar-refractivity contribution in [2.45, 2.75) is 32.1 Å². The second kappa shape index (κ2) is 6.56. The lowest BCUT2D eigenvalue weighted by Gasteiger charge is -2.34. The van der Waals surface area contributed by atoms with Crippen molar-refractivity contribution in [2.24, 2.45) is 0 Å². The monoisotopic (exact) mass is 284 g/mol. The van der Waals surface area contributed by atoms with Crippen LogP contribution in [0.2, 0.25) is 0 Å². The smallest absolute Gasteiger partial charge is 0.238 e. The molecule has 0 saturated carbocycles. The first-order valence-electron chi connectivity index (χ1n) is 5.56. The van der Waals surface area contributed by atoms with Gasteiger partial charge >= 0.3 is 0 Å². The van der Waals surface area contributed by atoms with Crippen LogP contribution in [-0.2, 0) is 14.6 Å². The van der Waals surface area contributed by atoms with Gasteiger partial charge in [-0.25, -0.2) is 8.42 Å². The van der Waals surface area contributed by atoms with Crippen LogP contribution < -0.4 is 5.32 Å². The van der Waals surface area contributed by atoms with Crippen LogP contribution in [0.4, 0.5) is 0 Å². The highest BCUT2D eigenvalue weighted by atomic mass is 35.5. The molecule has 0 spiro atoms. The molecule has 1 fully saturated rings. The lowest BCUT2D eigenvalue weighted by Crippen LogP contribution is -2.53. The molecule has 0 unspecified atom stereocenters. The summed E-state index contributed by atoms with van der Waals surface area (Å²) < 4.78 is 23.3. The van der Waals surface area contributed by atoms with Crippen LogP contribution >= 0.6 is 12.4 Å². The third-order valence-electron chi connectivity index (χ3n) is 2.86. The Morgan fingerprint density at radius 1 is 1.47 bits per heavy atom. The molecule has 1 saturated heterocycles. The lowest BCUT2D eigenvalue weighted by atomic mass is 10.2. The van der Waals surface area contributed by atoms with E-state index in [4.69, 9.17) is 0 Å². The lowest BCUT2D eigenvalue weighted by molar-refractivity contribution is -0.131. The Kier molecular flexibility index (Phi) is 6.43. The summed E-state index contributed by atoms with van der Waals surface area (Å²) in [4.78, 5) is 13.5. The molecule has 102 valence electrons. The van der Waals surface area contributed by atoms with Gasteiger partial charge in [-0.15, -0.1) is 12.4 Å². The summed E-state index contributed by atoms with van der Waals surface area (Å²) in [5.41, 5.74) is 0. The first-order chi connectivity index (χ1) is 7.34. The molecule has 1 amide bonds. The Morgan fingerprint density at radius 3 is 2.53 bits per heavy atom. The molecule has 1 aliphatic heterocycles. The third-order valence-corrected chi connectivity index (χ3v) is 4.95. The molecule has 1 heterocycles. The first kappa shape index (κ1) is 16.7. The maximum Gasteiger partial charge on any atom is 0.238 e. The van der Waals surface area contributed by atoms with E-state index >= 15 is 0 Å².